The number of benzene rings is 1. The molecule has 0 spiro atoms. The third-order valence-electron chi connectivity index (χ3n) is 3.22. The normalized spacial score (nSPS) is 14.7. The van der Waals surface area contributed by atoms with Crippen LogP contribution in [0, 0.1) is 5.92 Å². The minimum absolute atomic E-state index is 0.00131. The molecular formula is C19H25NO. The van der Waals surface area contributed by atoms with Crippen molar-refractivity contribution in [2.24, 2.45) is 5.92 Å². The molecule has 0 heterocycles. The Morgan fingerprint density at radius 1 is 1.29 bits per heavy atom. The minimum atomic E-state index is -0.0475. The van der Waals surface area contributed by atoms with Gasteiger partial charge in [-0.15, -0.1) is 6.58 Å². The number of carbonyl (C=O) groups is 1. The molecule has 0 saturated heterocycles. The zero-order valence-electron chi connectivity index (χ0n) is 13.2. The Balaban J connectivity index is 2.48. The van der Waals surface area contributed by atoms with Gasteiger partial charge in [0, 0.05) is 11.6 Å². The highest BCUT2D eigenvalue weighted by Crippen LogP contribution is 2.11. The lowest BCUT2D eigenvalue weighted by Crippen LogP contribution is -2.30. The Bertz CT molecular complexity index is 514. The molecule has 112 valence electrons. The third-order valence-corrected chi connectivity index (χ3v) is 3.22. The Labute approximate surface area is 128 Å². The molecule has 1 aromatic carbocycles. The van der Waals surface area contributed by atoms with Gasteiger partial charge in [-0.25, -0.2) is 0 Å². The Kier molecular flexibility index (Phi) is 7.24. The van der Waals surface area contributed by atoms with Gasteiger partial charge in [0.05, 0.1) is 0 Å². The Morgan fingerprint density at radius 2 is 1.95 bits per heavy atom. The molecule has 2 nitrogen and oxygen atoms in total. The van der Waals surface area contributed by atoms with Crippen molar-refractivity contribution >= 4 is 5.91 Å². The van der Waals surface area contributed by atoms with E-state index in [1.54, 1.807) is 0 Å². The van der Waals surface area contributed by atoms with E-state index in [4.69, 9.17) is 0 Å². The maximum atomic E-state index is 12.0. The maximum absolute atomic E-state index is 12.0. The van der Waals surface area contributed by atoms with Gasteiger partial charge in [-0.1, -0.05) is 55.0 Å². The zero-order chi connectivity index (χ0) is 15.7. The smallest absolute Gasteiger partial charge is 0.251 e. The lowest BCUT2D eigenvalue weighted by atomic mass is 10.0. The molecular weight excluding hydrogens is 258 g/mol. The molecule has 1 amide bonds. The van der Waals surface area contributed by atoms with Crippen molar-refractivity contribution in [3.8, 4) is 0 Å². The molecule has 0 aliphatic rings. The van der Waals surface area contributed by atoms with Crippen molar-refractivity contribution in [2.45, 2.75) is 33.2 Å². The van der Waals surface area contributed by atoms with Gasteiger partial charge in [0.25, 0.3) is 5.91 Å². The summed E-state index contributed by atoms with van der Waals surface area (Å²) in [7, 11) is 0. The molecule has 1 rings (SSSR count). The predicted octanol–water partition coefficient (Wildman–Crippen LogP) is 4.52. The summed E-state index contributed by atoms with van der Waals surface area (Å²) in [5.74, 6) is 0.443. The van der Waals surface area contributed by atoms with E-state index in [1.165, 1.54) is 5.57 Å². The van der Waals surface area contributed by atoms with Gasteiger partial charge >= 0.3 is 0 Å². The first-order chi connectivity index (χ1) is 10.0. The van der Waals surface area contributed by atoms with Gasteiger partial charge in [0.1, 0.15) is 0 Å². The highest BCUT2D eigenvalue weighted by molar-refractivity contribution is 5.94. The Morgan fingerprint density at radius 3 is 2.57 bits per heavy atom. The second-order valence-electron chi connectivity index (χ2n) is 5.44. The van der Waals surface area contributed by atoms with E-state index in [1.807, 2.05) is 55.5 Å². The molecule has 0 fully saturated rings. The number of carbonyl (C=O) groups excluding carboxylic acids is 1. The van der Waals surface area contributed by atoms with E-state index in [0.717, 1.165) is 6.42 Å². The lowest BCUT2D eigenvalue weighted by Gasteiger charge is -2.09. The summed E-state index contributed by atoms with van der Waals surface area (Å²) in [6.45, 7) is 10.0. The van der Waals surface area contributed by atoms with Gasteiger partial charge in [-0.2, -0.15) is 0 Å². The van der Waals surface area contributed by atoms with Gasteiger partial charge in [-0.05, 0) is 38.3 Å². The van der Waals surface area contributed by atoms with Crippen molar-refractivity contribution < 1.29 is 4.79 Å². The monoisotopic (exact) mass is 283 g/mol. The molecule has 2 heteroatoms. The summed E-state index contributed by atoms with van der Waals surface area (Å²) >= 11 is 0. The molecule has 0 bridgehead atoms. The van der Waals surface area contributed by atoms with Gasteiger partial charge in [-0.3, -0.25) is 4.79 Å². The summed E-state index contributed by atoms with van der Waals surface area (Å²) < 4.78 is 0. The van der Waals surface area contributed by atoms with E-state index in [-0.39, 0.29) is 11.9 Å². The molecule has 0 radical (unpaired) electrons. The van der Waals surface area contributed by atoms with Crippen LogP contribution in [0.2, 0.25) is 0 Å². The standard InChI is InChI=1S/C19H25NO/c1-5-15(2)14-16(3)10-9-11-17(4)20-19(21)18-12-7-6-8-13-18/h5-13,15,17H,1,14H2,2-4H3,(H,20,21). The number of allylic oxidation sites excluding steroid dienone is 4. The van der Waals surface area contributed by atoms with Crippen LogP contribution in [0.15, 0.2) is 66.8 Å². The topological polar surface area (TPSA) is 29.1 Å². The fraction of sp³-hybridized carbons (Fsp3) is 0.316. The van der Waals surface area contributed by atoms with Crippen LogP contribution in [0.4, 0.5) is 0 Å². The van der Waals surface area contributed by atoms with Crippen molar-refractivity contribution in [1.29, 1.82) is 0 Å². The minimum Gasteiger partial charge on any atom is -0.346 e. The van der Waals surface area contributed by atoms with E-state index in [9.17, 15) is 4.79 Å². The van der Waals surface area contributed by atoms with E-state index >= 15 is 0 Å². The largest absolute Gasteiger partial charge is 0.346 e. The van der Waals surface area contributed by atoms with Gasteiger partial charge in [0.15, 0.2) is 0 Å². The average Bonchev–Trinajstić information content (AvgIpc) is 2.47. The molecule has 0 aliphatic carbocycles. The van der Waals surface area contributed by atoms with Crippen molar-refractivity contribution in [2.75, 3.05) is 0 Å². The molecule has 2 unspecified atom stereocenters. The van der Waals surface area contributed by atoms with Gasteiger partial charge < -0.3 is 5.32 Å². The van der Waals surface area contributed by atoms with Crippen LogP contribution in [0.25, 0.3) is 0 Å². The first kappa shape index (κ1) is 17.0. The summed E-state index contributed by atoms with van der Waals surface area (Å²) in [4.78, 5) is 12.0. The summed E-state index contributed by atoms with van der Waals surface area (Å²) in [5.41, 5.74) is 1.99. The number of rotatable bonds is 7. The van der Waals surface area contributed by atoms with Crippen molar-refractivity contribution in [1.82, 2.24) is 5.32 Å². The number of hydrogen-bond acceptors (Lipinski definition) is 1. The number of amides is 1. The van der Waals surface area contributed by atoms with Crippen LogP contribution >= 0.6 is 0 Å². The highest BCUT2D eigenvalue weighted by atomic mass is 16.1. The van der Waals surface area contributed by atoms with Crippen LogP contribution < -0.4 is 5.32 Å². The SMILES string of the molecule is C=CC(C)CC(C)=CC=CC(C)NC(=O)c1ccccc1. The predicted molar refractivity (Wildman–Crippen MR) is 90.2 cm³/mol. The van der Waals surface area contributed by atoms with Crippen LogP contribution in [0.5, 0.6) is 0 Å². The fourth-order valence-corrected chi connectivity index (χ4v) is 1.97. The molecule has 2 atom stereocenters. The average molecular weight is 283 g/mol. The summed E-state index contributed by atoms with van der Waals surface area (Å²) in [6, 6.07) is 9.25. The molecule has 0 aliphatic heterocycles. The molecule has 0 aromatic heterocycles. The van der Waals surface area contributed by atoms with Crippen LogP contribution in [-0.2, 0) is 0 Å². The van der Waals surface area contributed by atoms with E-state index < -0.39 is 0 Å². The molecule has 21 heavy (non-hydrogen) atoms. The highest BCUT2D eigenvalue weighted by Gasteiger charge is 2.06. The molecule has 0 saturated carbocycles. The molecule has 1 aromatic rings. The fourth-order valence-electron chi connectivity index (χ4n) is 1.97. The number of hydrogen-bond donors (Lipinski definition) is 1. The zero-order valence-corrected chi connectivity index (χ0v) is 13.2. The van der Waals surface area contributed by atoms with Crippen LogP contribution in [-0.4, -0.2) is 11.9 Å². The first-order valence-electron chi connectivity index (χ1n) is 7.35. The van der Waals surface area contributed by atoms with Crippen LogP contribution in [0.1, 0.15) is 37.6 Å². The second-order valence-corrected chi connectivity index (χ2v) is 5.44. The van der Waals surface area contributed by atoms with Crippen molar-refractivity contribution in [3.05, 3.63) is 72.4 Å². The second kappa shape index (κ2) is 8.96. The van der Waals surface area contributed by atoms with Crippen molar-refractivity contribution in [3.63, 3.8) is 0 Å². The summed E-state index contributed by atoms with van der Waals surface area (Å²) in [5, 5.41) is 2.95. The number of nitrogens with one attached hydrogen (secondary N) is 1. The summed E-state index contributed by atoms with van der Waals surface area (Å²) in [6.07, 6.45) is 9.05. The quantitative estimate of drug-likeness (QED) is 0.578. The first-order valence-corrected chi connectivity index (χ1v) is 7.35. The third kappa shape index (κ3) is 6.75. The van der Waals surface area contributed by atoms with E-state index in [2.05, 4.69) is 31.8 Å². The lowest BCUT2D eigenvalue weighted by molar-refractivity contribution is 0.0947. The van der Waals surface area contributed by atoms with Gasteiger partial charge in [0.2, 0.25) is 0 Å². The Hall–Kier alpha value is -2.09. The van der Waals surface area contributed by atoms with E-state index in [0.29, 0.717) is 11.5 Å². The maximum Gasteiger partial charge on any atom is 0.251 e. The van der Waals surface area contributed by atoms with Crippen LogP contribution in [0.3, 0.4) is 0 Å². The molecule has 1 N–H and O–H groups in total.